The number of aromatic nitrogens is 1. The predicted octanol–water partition coefficient (Wildman–Crippen LogP) is 1.43. The van der Waals surface area contributed by atoms with Crippen molar-refractivity contribution >= 4 is 21.6 Å². The van der Waals surface area contributed by atoms with Gasteiger partial charge >= 0.3 is 0 Å². The first-order valence-electron chi connectivity index (χ1n) is 2.69. The predicted molar refractivity (Wildman–Crippen MR) is 42.9 cm³/mol. The summed E-state index contributed by atoms with van der Waals surface area (Å²) in [5.74, 6) is 0.667. The number of hydrogen-bond donors (Lipinski definition) is 1. The maximum Gasteiger partial charge on any atom is 0.139 e. The Balaban J connectivity index is 3.04. The summed E-state index contributed by atoms with van der Waals surface area (Å²) in [6, 6.07) is 1.71. The van der Waals surface area contributed by atoms with Crippen molar-refractivity contribution < 1.29 is 4.74 Å². The molecular weight excluding hydrogens is 196 g/mol. The molecule has 0 aliphatic heterocycles. The van der Waals surface area contributed by atoms with Crippen LogP contribution in [0.2, 0.25) is 0 Å². The van der Waals surface area contributed by atoms with Gasteiger partial charge < -0.3 is 10.5 Å². The third kappa shape index (κ3) is 1.39. The lowest BCUT2D eigenvalue weighted by Crippen LogP contribution is -1.91. The molecule has 0 aliphatic carbocycles. The first kappa shape index (κ1) is 7.34. The number of ether oxygens (including phenoxy) is 1. The molecule has 3 nitrogen and oxygen atoms in total. The topological polar surface area (TPSA) is 48.1 Å². The van der Waals surface area contributed by atoms with Crippen LogP contribution >= 0.6 is 15.9 Å². The molecule has 1 aromatic rings. The van der Waals surface area contributed by atoms with Gasteiger partial charge in [-0.3, -0.25) is 0 Å². The molecule has 1 heterocycles. The standard InChI is InChI=1S/C6H7BrN2O/c1-10-4-2-5(8)6(7)9-3-4/h2-3H,8H2,1H3. The highest BCUT2D eigenvalue weighted by atomic mass is 79.9. The number of halogens is 1. The summed E-state index contributed by atoms with van der Waals surface area (Å²) >= 11 is 3.17. The van der Waals surface area contributed by atoms with Gasteiger partial charge in [-0.25, -0.2) is 4.98 Å². The monoisotopic (exact) mass is 202 g/mol. The minimum Gasteiger partial charge on any atom is -0.495 e. The summed E-state index contributed by atoms with van der Waals surface area (Å²) in [6.07, 6.45) is 1.60. The summed E-state index contributed by atoms with van der Waals surface area (Å²) in [7, 11) is 1.57. The normalized spacial score (nSPS) is 9.40. The Hall–Kier alpha value is -0.770. The summed E-state index contributed by atoms with van der Waals surface area (Å²) in [6.45, 7) is 0. The van der Waals surface area contributed by atoms with Crippen LogP contribution in [0.5, 0.6) is 5.75 Å². The SMILES string of the molecule is COc1cnc(Br)c(N)c1. The average molecular weight is 203 g/mol. The summed E-state index contributed by atoms with van der Waals surface area (Å²) in [5, 5.41) is 0. The molecule has 54 valence electrons. The molecule has 0 amide bonds. The van der Waals surface area contributed by atoms with Crippen LogP contribution in [0.25, 0.3) is 0 Å². The van der Waals surface area contributed by atoms with Crippen LogP contribution in [0.3, 0.4) is 0 Å². The highest BCUT2D eigenvalue weighted by molar-refractivity contribution is 9.10. The Kier molecular flexibility index (Phi) is 2.11. The second-order valence-electron chi connectivity index (χ2n) is 1.76. The number of methoxy groups -OCH3 is 1. The van der Waals surface area contributed by atoms with E-state index < -0.39 is 0 Å². The summed E-state index contributed by atoms with van der Waals surface area (Å²) in [4.78, 5) is 3.92. The van der Waals surface area contributed by atoms with Gasteiger partial charge in [-0.15, -0.1) is 0 Å². The van der Waals surface area contributed by atoms with Gasteiger partial charge in [-0.1, -0.05) is 0 Å². The molecule has 0 radical (unpaired) electrons. The van der Waals surface area contributed by atoms with Crippen LogP contribution in [-0.2, 0) is 0 Å². The number of pyridine rings is 1. The van der Waals surface area contributed by atoms with Crippen LogP contribution in [0.1, 0.15) is 0 Å². The lowest BCUT2D eigenvalue weighted by Gasteiger charge is -2.00. The van der Waals surface area contributed by atoms with E-state index in [9.17, 15) is 0 Å². The molecule has 0 aliphatic rings. The molecule has 1 rings (SSSR count). The van der Waals surface area contributed by atoms with E-state index in [1.165, 1.54) is 0 Å². The van der Waals surface area contributed by atoms with Gasteiger partial charge in [0.2, 0.25) is 0 Å². The molecule has 1 aromatic heterocycles. The van der Waals surface area contributed by atoms with Gasteiger partial charge in [0.05, 0.1) is 19.0 Å². The Bertz CT molecular complexity index is 239. The van der Waals surface area contributed by atoms with Crippen LogP contribution in [-0.4, -0.2) is 12.1 Å². The van der Waals surface area contributed by atoms with Crippen molar-refractivity contribution in [1.29, 1.82) is 0 Å². The average Bonchev–Trinajstić information content (AvgIpc) is 1.95. The van der Waals surface area contributed by atoms with E-state index in [4.69, 9.17) is 10.5 Å². The second-order valence-corrected chi connectivity index (χ2v) is 2.51. The number of anilines is 1. The number of nitrogens with two attached hydrogens (primary N) is 1. The van der Waals surface area contributed by atoms with Gasteiger partial charge in [0.1, 0.15) is 10.4 Å². The lowest BCUT2D eigenvalue weighted by atomic mass is 10.4. The molecule has 0 saturated heterocycles. The highest BCUT2D eigenvalue weighted by Gasteiger charge is 1.97. The third-order valence-corrected chi connectivity index (χ3v) is 1.74. The molecule has 0 fully saturated rings. The van der Waals surface area contributed by atoms with Crippen LogP contribution < -0.4 is 10.5 Å². The number of nitrogens with zero attached hydrogens (tertiary/aromatic N) is 1. The molecule has 0 aromatic carbocycles. The third-order valence-electron chi connectivity index (χ3n) is 1.08. The van der Waals surface area contributed by atoms with Crippen molar-refractivity contribution in [2.24, 2.45) is 0 Å². The first-order chi connectivity index (χ1) is 4.74. The Morgan fingerprint density at radius 3 is 2.90 bits per heavy atom. The van der Waals surface area contributed by atoms with E-state index in [-0.39, 0.29) is 0 Å². The van der Waals surface area contributed by atoms with Crippen molar-refractivity contribution in [3.8, 4) is 5.75 Å². The van der Waals surface area contributed by atoms with Crippen LogP contribution in [0.4, 0.5) is 5.69 Å². The molecule has 0 atom stereocenters. The van der Waals surface area contributed by atoms with Crippen molar-refractivity contribution in [2.45, 2.75) is 0 Å². The second kappa shape index (κ2) is 2.88. The Labute approximate surface area is 67.3 Å². The van der Waals surface area contributed by atoms with Gasteiger partial charge in [-0.2, -0.15) is 0 Å². The molecule has 0 spiro atoms. The first-order valence-corrected chi connectivity index (χ1v) is 3.48. The quantitative estimate of drug-likeness (QED) is 0.702. The van der Waals surface area contributed by atoms with Crippen molar-refractivity contribution in [1.82, 2.24) is 4.98 Å². The molecular formula is C6H7BrN2O. The van der Waals surface area contributed by atoms with Crippen LogP contribution in [0.15, 0.2) is 16.9 Å². The maximum atomic E-state index is 5.51. The maximum absolute atomic E-state index is 5.51. The van der Waals surface area contributed by atoms with Crippen molar-refractivity contribution in [3.63, 3.8) is 0 Å². The number of nitrogen functional groups attached to an aromatic ring is 1. The number of hydrogen-bond acceptors (Lipinski definition) is 3. The fourth-order valence-corrected chi connectivity index (χ4v) is 0.773. The lowest BCUT2D eigenvalue weighted by molar-refractivity contribution is 0.413. The smallest absolute Gasteiger partial charge is 0.139 e. The molecule has 0 saturated carbocycles. The van der Waals surface area contributed by atoms with Gasteiger partial charge in [-0.05, 0) is 15.9 Å². The van der Waals surface area contributed by atoms with Crippen molar-refractivity contribution in [3.05, 3.63) is 16.9 Å². The molecule has 10 heavy (non-hydrogen) atoms. The molecule has 2 N–H and O–H groups in total. The van der Waals surface area contributed by atoms with Crippen LogP contribution in [0, 0.1) is 0 Å². The fraction of sp³-hybridized carbons (Fsp3) is 0.167. The van der Waals surface area contributed by atoms with Gasteiger partial charge in [0.15, 0.2) is 0 Å². The Morgan fingerprint density at radius 2 is 2.40 bits per heavy atom. The summed E-state index contributed by atoms with van der Waals surface area (Å²) in [5.41, 5.74) is 6.09. The molecule has 4 heteroatoms. The zero-order valence-corrected chi connectivity index (χ0v) is 7.05. The number of rotatable bonds is 1. The van der Waals surface area contributed by atoms with Crippen molar-refractivity contribution in [2.75, 3.05) is 12.8 Å². The van der Waals surface area contributed by atoms with E-state index >= 15 is 0 Å². The van der Waals surface area contributed by atoms with E-state index in [1.807, 2.05) is 0 Å². The summed E-state index contributed by atoms with van der Waals surface area (Å²) < 4.78 is 5.53. The van der Waals surface area contributed by atoms with E-state index in [2.05, 4.69) is 20.9 Å². The zero-order chi connectivity index (χ0) is 7.56. The van der Waals surface area contributed by atoms with Gasteiger partial charge in [0, 0.05) is 6.07 Å². The van der Waals surface area contributed by atoms with E-state index in [1.54, 1.807) is 19.4 Å². The molecule has 0 unspecified atom stereocenters. The fourth-order valence-electron chi connectivity index (χ4n) is 0.557. The minimum atomic E-state index is 0.583. The largest absolute Gasteiger partial charge is 0.495 e. The highest BCUT2D eigenvalue weighted by Crippen LogP contribution is 2.20. The van der Waals surface area contributed by atoms with Gasteiger partial charge in [0.25, 0.3) is 0 Å². The van der Waals surface area contributed by atoms with E-state index in [0.29, 0.717) is 16.0 Å². The zero-order valence-electron chi connectivity index (χ0n) is 5.47. The minimum absolute atomic E-state index is 0.583. The van der Waals surface area contributed by atoms with E-state index in [0.717, 1.165) is 0 Å². The Morgan fingerprint density at radius 1 is 1.70 bits per heavy atom. The molecule has 0 bridgehead atoms.